The van der Waals surface area contributed by atoms with Crippen LogP contribution in [0.15, 0.2) is 52.9 Å². The molecule has 2 aromatic carbocycles. The Hall–Kier alpha value is -3.46. The first-order valence-corrected chi connectivity index (χ1v) is 11.2. The molecule has 9 heteroatoms. The second kappa shape index (κ2) is 9.13. The third kappa shape index (κ3) is 5.58. The monoisotopic (exact) mass is 442 g/mol. The van der Waals surface area contributed by atoms with Crippen molar-refractivity contribution in [3.63, 3.8) is 0 Å². The van der Waals surface area contributed by atoms with Crippen LogP contribution in [0.1, 0.15) is 27.4 Å². The van der Waals surface area contributed by atoms with E-state index in [1.165, 1.54) is 19.2 Å². The third-order valence-electron chi connectivity index (χ3n) is 4.51. The van der Waals surface area contributed by atoms with E-state index in [1.807, 2.05) is 31.2 Å². The first-order chi connectivity index (χ1) is 14.7. The Balaban J connectivity index is 1.72. The Bertz CT molecular complexity index is 1210. The number of hydrogen-bond acceptors (Lipinski definition) is 7. The van der Waals surface area contributed by atoms with Crippen molar-refractivity contribution in [2.75, 3.05) is 18.2 Å². The molecule has 0 radical (unpaired) electrons. The summed E-state index contributed by atoms with van der Waals surface area (Å²) < 4.78 is 35.5. The third-order valence-corrected chi connectivity index (χ3v) is 5.92. The van der Waals surface area contributed by atoms with Crippen molar-refractivity contribution in [2.45, 2.75) is 19.6 Å². The first kappa shape index (κ1) is 22.2. The normalized spacial score (nSPS) is 11.2. The van der Waals surface area contributed by atoms with Crippen LogP contribution in [0.4, 0.5) is 5.69 Å². The summed E-state index contributed by atoms with van der Waals surface area (Å²) in [6.45, 7) is 3.58. The number of hydrogen-bond donors (Lipinski definition) is 1. The van der Waals surface area contributed by atoms with Gasteiger partial charge in [-0.25, -0.2) is 18.2 Å². The number of aryl methyl sites for hydroxylation is 2. The predicted octanol–water partition coefficient (Wildman–Crippen LogP) is 3.30. The van der Waals surface area contributed by atoms with Crippen molar-refractivity contribution >= 4 is 27.4 Å². The zero-order valence-corrected chi connectivity index (χ0v) is 18.2. The smallest absolute Gasteiger partial charge is 0.339 e. The van der Waals surface area contributed by atoms with E-state index >= 15 is 0 Å². The minimum absolute atomic E-state index is 0.130. The topological polar surface area (TPSA) is 116 Å². The molecular formula is C22H22N2O6S. The Morgan fingerprint density at radius 3 is 2.42 bits per heavy atom. The molecule has 1 amide bonds. The highest BCUT2D eigenvalue weighted by molar-refractivity contribution is 7.91. The lowest BCUT2D eigenvalue weighted by Gasteiger charge is -2.09. The molecule has 0 atom stereocenters. The fourth-order valence-corrected chi connectivity index (χ4v) is 4.17. The summed E-state index contributed by atoms with van der Waals surface area (Å²) in [5.74, 6) is -1.93. The summed E-state index contributed by atoms with van der Waals surface area (Å²) >= 11 is 0. The van der Waals surface area contributed by atoms with E-state index in [1.54, 1.807) is 19.1 Å². The zero-order valence-electron chi connectivity index (χ0n) is 17.3. The van der Waals surface area contributed by atoms with Crippen LogP contribution in [-0.2, 0) is 25.1 Å². The molecule has 0 spiro atoms. The number of ether oxygens (including phenoxy) is 1. The van der Waals surface area contributed by atoms with Crippen LogP contribution in [0.3, 0.4) is 0 Å². The fourth-order valence-electron chi connectivity index (χ4n) is 2.91. The Morgan fingerprint density at radius 1 is 1.06 bits per heavy atom. The number of aromatic nitrogens is 1. The van der Waals surface area contributed by atoms with Gasteiger partial charge in [-0.1, -0.05) is 29.8 Å². The highest BCUT2D eigenvalue weighted by Crippen LogP contribution is 2.23. The van der Waals surface area contributed by atoms with Crippen LogP contribution >= 0.6 is 0 Å². The van der Waals surface area contributed by atoms with Crippen molar-refractivity contribution < 1.29 is 27.2 Å². The van der Waals surface area contributed by atoms with Crippen molar-refractivity contribution in [3.8, 4) is 11.5 Å². The summed E-state index contributed by atoms with van der Waals surface area (Å²) in [6.07, 6.45) is 0. The second-order valence-electron chi connectivity index (χ2n) is 7.01. The molecule has 1 N–H and O–H groups in total. The summed E-state index contributed by atoms with van der Waals surface area (Å²) in [5, 5.41) is 2.46. The van der Waals surface area contributed by atoms with Gasteiger partial charge in [0.05, 0.1) is 29.8 Å². The number of sulfone groups is 1. The number of methoxy groups -OCH3 is 1. The molecule has 0 unspecified atom stereocenters. The van der Waals surface area contributed by atoms with E-state index in [-0.39, 0.29) is 16.9 Å². The average molecular weight is 442 g/mol. The highest BCUT2D eigenvalue weighted by atomic mass is 32.2. The fraction of sp³-hybridized carbons (Fsp3) is 0.227. The van der Waals surface area contributed by atoms with E-state index in [0.717, 1.165) is 11.1 Å². The van der Waals surface area contributed by atoms with Crippen molar-refractivity contribution in [3.05, 3.63) is 71.1 Å². The van der Waals surface area contributed by atoms with Crippen LogP contribution < -0.4 is 5.32 Å². The van der Waals surface area contributed by atoms with Gasteiger partial charge in [0.25, 0.3) is 0 Å². The molecule has 0 aliphatic heterocycles. The SMILES string of the molecule is COC(=O)c1ccccc1NC(=O)CS(=O)(=O)Cc1nc(-c2ccc(C)cc2)oc1C. The Morgan fingerprint density at radius 2 is 1.74 bits per heavy atom. The molecule has 3 rings (SSSR count). The summed E-state index contributed by atoms with van der Waals surface area (Å²) in [4.78, 5) is 28.4. The van der Waals surface area contributed by atoms with Crippen molar-refractivity contribution in [2.24, 2.45) is 0 Å². The van der Waals surface area contributed by atoms with Crippen LogP contribution in [0.25, 0.3) is 11.5 Å². The van der Waals surface area contributed by atoms with Crippen LogP contribution in [-0.4, -0.2) is 38.1 Å². The van der Waals surface area contributed by atoms with Gasteiger partial charge in [-0.15, -0.1) is 0 Å². The van der Waals surface area contributed by atoms with Gasteiger partial charge >= 0.3 is 5.97 Å². The van der Waals surface area contributed by atoms with Crippen molar-refractivity contribution in [1.29, 1.82) is 0 Å². The molecule has 8 nitrogen and oxygen atoms in total. The largest absolute Gasteiger partial charge is 0.465 e. The lowest BCUT2D eigenvalue weighted by atomic mass is 10.1. The van der Waals surface area contributed by atoms with E-state index in [4.69, 9.17) is 4.42 Å². The van der Waals surface area contributed by atoms with Gasteiger partial charge in [0.1, 0.15) is 11.5 Å². The summed E-state index contributed by atoms with van der Waals surface area (Å²) in [5.41, 5.74) is 2.36. The number of esters is 1. The number of amides is 1. The molecule has 0 bridgehead atoms. The van der Waals surface area contributed by atoms with E-state index in [0.29, 0.717) is 11.7 Å². The number of carbonyl (C=O) groups excluding carboxylic acids is 2. The standard InChI is InChI=1S/C22H22N2O6S/c1-14-8-10-16(11-9-14)21-24-19(15(2)30-21)12-31(27,28)13-20(25)23-18-7-5-4-6-17(18)22(26)29-3/h4-11H,12-13H2,1-3H3,(H,23,25). The minimum Gasteiger partial charge on any atom is -0.465 e. The van der Waals surface area contributed by atoms with Gasteiger partial charge in [-0.05, 0) is 38.1 Å². The maximum atomic E-state index is 12.6. The maximum absolute atomic E-state index is 12.6. The first-order valence-electron chi connectivity index (χ1n) is 9.39. The molecule has 1 heterocycles. The molecule has 0 aliphatic carbocycles. The molecule has 31 heavy (non-hydrogen) atoms. The van der Waals surface area contributed by atoms with E-state index in [2.05, 4.69) is 15.0 Å². The molecule has 0 aliphatic rings. The molecule has 162 valence electrons. The molecule has 3 aromatic rings. The van der Waals surface area contributed by atoms with Gasteiger partial charge in [0, 0.05) is 5.56 Å². The number of nitrogens with zero attached hydrogens (tertiary/aromatic N) is 1. The van der Waals surface area contributed by atoms with Gasteiger partial charge < -0.3 is 14.5 Å². The van der Waals surface area contributed by atoms with Crippen LogP contribution in [0, 0.1) is 13.8 Å². The number of carbonyl (C=O) groups is 2. The molecule has 1 aromatic heterocycles. The average Bonchev–Trinajstić information content (AvgIpc) is 3.07. The number of anilines is 1. The number of benzene rings is 2. The Kier molecular flexibility index (Phi) is 6.55. The highest BCUT2D eigenvalue weighted by Gasteiger charge is 2.23. The molecule has 0 fully saturated rings. The van der Waals surface area contributed by atoms with Crippen LogP contribution in [0.2, 0.25) is 0 Å². The van der Waals surface area contributed by atoms with Gasteiger partial charge in [0.2, 0.25) is 11.8 Å². The lowest BCUT2D eigenvalue weighted by molar-refractivity contribution is -0.113. The Labute approximate surface area is 180 Å². The van der Waals surface area contributed by atoms with Gasteiger partial charge in [-0.3, -0.25) is 4.79 Å². The predicted molar refractivity (Wildman–Crippen MR) is 115 cm³/mol. The molecule has 0 saturated heterocycles. The number of nitrogens with one attached hydrogen (secondary N) is 1. The lowest BCUT2D eigenvalue weighted by Crippen LogP contribution is -2.25. The number of rotatable bonds is 7. The zero-order chi connectivity index (χ0) is 22.6. The van der Waals surface area contributed by atoms with Gasteiger partial charge in [0.15, 0.2) is 9.84 Å². The van der Waals surface area contributed by atoms with Gasteiger partial charge in [-0.2, -0.15) is 0 Å². The minimum atomic E-state index is -3.84. The summed E-state index contributed by atoms with van der Waals surface area (Å²) in [7, 11) is -2.62. The van der Waals surface area contributed by atoms with Crippen LogP contribution in [0.5, 0.6) is 0 Å². The number of oxazole rings is 1. The quantitative estimate of drug-likeness (QED) is 0.558. The van der Waals surface area contributed by atoms with Crippen molar-refractivity contribution in [1.82, 2.24) is 4.98 Å². The maximum Gasteiger partial charge on any atom is 0.339 e. The van der Waals surface area contributed by atoms with E-state index < -0.39 is 33.2 Å². The number of para-hydroxylation sites is 1. The molecule has 0 saturated carbocycles. The second-order valence-corrected chi connectivity index (χ2v) is 9.07. The molecular weight excluding hydrogens is 420 g/mol. The van der Waals surface area contributed by atoms with E-state index in [9.17, 15) is 18.0 Å². The summed E-state index contributed by atoms with van der Waals surface area (Å²) in [6, 6.07) is 13.7.